The van der Waals surface area contributed by atoms with Crippen molar-refractivity contribution in [3.05, 3.63) is 218 Å². The second-order valence-corrected chi connectivity index (χ2v) is 13.7. The third-order valence-corrected chi connectivity index (χ3v) is 10.6. The number of anilines is 3. The van der Waals surface area contributed by atoms with E-state index in [9.17, 15) is 0 Å². The van der Waals surface area contributed by atoms with Gasteiger partial charge in [0.2, 0.25) is 0 Å². The van der Waals surface area contributed by atoms with Crippen molar-refractivity contribution in [1.82, 2.24) is 4.57 Å². The average Bonchev–Trinajstić information content (AvgIpc) is 3.60. The molecule has 0 spiro atoms. The van der Waals surface area contributed by atoms with Gasteiger partial charge in [-0.2, -0.15) is 0 Å². The van der Waals surface area contributed by atoms with E-state index in [1.807, 2.05) is 0 Å². The summed E-state index contributed by atoms with van der Waals surface area (Å²) in [6, 6.07) is 79.0. The Morgan fingerprint density at radius 3 is 1.63 bits per heavy atom. The number of fused-ring (bicyclic) bond motifs is 4. The zero-order chi connectivity index (χ0) is 35.8. The van der Waals surface area contributed by atoms with Crippen LogP contribution in [0.15, 0.2) is 218 Å². The number of aromatic nitrogens is 1. The molecule has 10 rings (SSSR count). The van der Waals surface area contributed by atoms with Crippen LogP contribution < -0.4 is 4.90 Å². The smallest absolute Gasteiger partial charge is 0.0562 e. The predicted octanol–water partition coefficient (Wildman–Crippen LogP) is 14.4. The number of benzene rings is 9. The summed E-state index contributed by atoms with van der Waals surface area (Å²) >= 11 is 0. The molecule has 0 aliphatic carbocycles. The Morgan fingerprint density at radius 1 is 0.315 bits per heavy atom. The Balaban J connectivity index is 1.28. The molecule has 0 aliphatic rings. The predicted molar refractivity (Wildman–Crippen MR) is 229 cm³/mol. The Labute approximate surface area is 315 Å². The van der Waals surface area contributed by atoms with Crippen LogP contribution in [0.4, 0.5) is 17.1 Å². The van der Waals surface area contributed by atoms with Crippen LogP contribution in [0.5, 0.6) is 0 Å². The molecule has 9 aromatic carbocycles. The molecule has 254 valence electrons. The van der Waals surface area contributed by atoms with E-state index in [1.165, 1.54) is 54.9 Å². The molecule has 2 nitrogen and oxygen atoms in total. The molecule has 0 fully saturated rings. The average molecular weight is 689 g/mol. The van der Waals surface area contributed by atoms with E-state index in [2.05, 4.69) is 228 Å². The van der Waals surface area contributed by atoms with Crippen molar-refractivity contribution in [1.29, 1.82) is 0 Å². The summed E-state index contributed by atoms with van der Waals surface area (Å²) in [5, 5.41) is 4.88. The topological polar surface area (TPSA) is 8.17 Å². The third-order valence-electron chi connectivity index (χ3n) is 10.6. The second kappa shape index (κ2) is 13.4. The third kappa shape index (κ3) is 5.44. The summed E-state index contributed by atoms with van der Waals surface area (Å²) in [6.07, 6.45) is 0. The zero-order valence-electron chi connectivity index (χ0n) is 29.7. The van der Waals surface area contributed by atoms with E-state index in [0.717, 1.165) is 33.8 Å². The Morgan fingerprint density at radius 2 is 0.852 bits per heavy atom. The molecule has 0 saturated carbocycles. The minimum absolute atomic E-state index is 1.11. The van der Waals surface area contributed by atoms with Crippen molar-refractivity contribution in [2.24, 2.45) is 0 Å². The van der Waals surface area contributed by atoms with Gasteiger partial charge >= 0.3 is 0 Å². The van der Waals surface area contributed by atoms with Crippen LogP contribution in [-0.2, 0) is 0 Å². The highest BCUT2D eigenvalue weighted by atomic mass is 15.2. The minimum atomic E-state index is 1.11. The first-order chi connectivity index (χ1) is 26.8. The maximum Gasteiger partial charge on any atom is 0.0562 e. The van der Waals surface area contributed by atoms with Gasteiger partial charge in [0.05, 0.1) is 28.1 Å². The monoisotopic (exact) mass is 688 g/mol. The van der Waals surface area contributed by atoms with Gasteiger partial charge in [0.1, 0.15) is 0 Å². The molecule has 0 unspecified atom stereocenters. The number of nitrogens with zero attached hydrogens (tertiary/aromatic N) is 2. The molecular formula is C52H36N2. The fraction of sp³-hybridized carbons (Fsp3) is 0. The lowest BCUT2D eigenvalue weighted by atomic mass is 9.95. The highest BCUT2D eigenvalue weighted by Crippen LogP contribution is 2.49. The van der Waals surface area contributed by atoms with E-state index in [0.29, 0.717) is 0 Å². The summed E-state index contributed by atoms with van der Waals surface area (Å²) in [5.41, 5.74) is 13.9. The number of para-hydroxylation sites is 4. The van der Waals surface area contributed by atoms with E-state index < -0.39 is 0 Å². The Hall–Kier alpha value is -7.16. The van der Waals surface area contributed by atoms with Crippen molar-refractivity contribution in [3.8, 4) is 39.1 Å². The molecule has 0 N–H and O–H groups in total. The molecule has 0 saturated heterocycles. The van der Waals surface area contributed by atoms with Crippen molar-refractivity contribution in [2.45, 2.75) is 0 Å². The molecule has 0 aliphatic heterocycles. The fourth-order valence-electron chi connectivity index (χ4n) is 8.11. The van der Waals surface area contributed by atoms with E-state index in [1.54, 1.807) is 0 Å². The zero-order valence-corrected chi connectivity index (χ0v) is 29.7. The highest BCUT2D eigenvalue weighted by molar-refractivity contribution is 6.17. The van der Waals surface area contributed by atoms with Gasteiger partial charge in [-0.1, -0.05) is 164 Å². The second-order valence-electron chi connectivity index (χ2n) is 13.7. The van der Waals surface area contributed by atoms with Crippen molar-refractivity contribution < 1.29 is 0 Å². The van der Waals surface area contributed by atoms with E-state index >= 15 is 0 Å². The Bertz CT molecular complexity index is 2940. The Kier molecular flexibility index (Phi) is 7.85. The lowest BCUT2D eigenvalue weighted by molar-refractivity contribution is 1.18. The molecule has 0 radical (unpaired) electrons. The van der Waals surface area contributed by atoms with Crippen LogP contribution in [0.25, 0.3) is 71.6 Å². The highest BCUT2D eigenvalue weighted by Gasteiger charge is 2.25. The van der Waals surface area contributed by atoms with Gasteiger partial charge in [0, 0.05) is 27.6 Å². The number of hydrogen-bond donors (Lipinski definition) is 0. The first kappa shape index (κ1) is 31.6. The normalized spacial score (nSPS) is 11.3. The van der Waals surface area contributed by atoms with Crippen LogP contribution in [-0.4, -0.2) is 4.57 Å². The maximum atomic E-state index is 2.50. The molecule has 54 heavy (non-hydrogen) atoms. The summed E-state index contributed by atoms with van der Waals surface area (Å²) in [5.74, 6) is 0. The molecule has 0 amide bonds. The quantitative estimate of drug-likeness (QED) is 0.162. The van der Waals surface area contributed by atoms with E-state index in [4.69, 9.17) is 0 Å². The molecule has 2 heteroatoms. The van der Waals surface area contributed by atoms with Gasteiger partial charge in [-0.15, -0.1) is 0 Å². The van der Waals surface area contributed by atoms with Crippen molar-refractivity contribution in [2.75, 3.05) is 4.90 Å². The molecular weight excluding hydrogens is 653 g/mol. The largest absolute Gasteiger partial charge is 0.309 e. The summed E-state index contributed by atoms with van der Waals surface area (Å²) in [4.78, 5) is 2.50. The maximum absolute atomic E-state index is 2.50. The van der Waals surface area contributed by atoms with Gasteiger partial charge < -0.3 is 9.47 Å². The van der Waals surface area contributed by atoms with Gasteiger partial charge in [0.15, 0.2) is 0 Å². The lowest BCUT2D eigenvalue weighted by Crippen LogP contribution is -2.13. The number of hydrogen-bond acceptors (Lipinski definition) is 1. The molecule has 0 bridgehead atoms. The van der Waals surface area contributed by atoms with Gasteiger partial charge in [-0.3, -0.25) is 0 Å². The fourth-order valence-corrected chi connectivity index (χ4v) is 8.11. The van der Waals surface area contributed by atoms with Crippen LogP contribution in [0.3, 0.4) is 0 Å². The van der Waals surface area contributed by atoms with Crippen LogP contribution in [0, 0.1) is 0 Å². The van der Waals surface area contributed by atoms with Crippen LogP contribution in [0.1, 0.15) is 0 Å². The standard InChI is InChI=1S/C52H36N2/c1-3-17-37(18-4-1)40-21-15-22-41(35-40)44-25-9-12-28-47(44)54(48-29-13-10-26-45(48)42-34-33-38-19-7-8-20-39(38)36-42)51-32-16-31-50-52(51)46-27-11-14-30-49(46)53(50)43-23-5-2-6-24-43/h1-36H. The van der Waals surface area contributed by atoms with Gasteiger partial charge in [-0.05, 0) is 87.6 Å². The number of rotatable bonds is 7. The molecule has 1 heterocycles. The SMILES string of the molecule is c1ccc(-c2cccc(-c3ccccc3N(c3ccccc3-c3ccc4ccccc4c3)c3cccc4c3c3ccccc3n4-c3ccccc3)c2)cc1. The van der Waals surface area contributed by atoms with Crippen LogP contribution >= 0.6 is 0 Å². The van der Waals surface area contributed by atoms with Crippen LogP contribution in [0.2, 0.25) is 0 Å². The van der Waals surface area contributed by atoms with Crippen molar-refractivity contribution in [3.63, 3.8) is 0 Å². The first-order valence-electron chi connectivity index (χ1n) is 18.5. The summed E-state index contributed by atoms with van der Waals surface area (Å²) in [7, 11) is 0. The van der Waals surface area contributed by atoms with Crippen molar-refractivity contribution >= 4 is 49.6 Å². The minimum Gasteiger partial charge on any atom is -0.309 e. The molecule has 0 atom stereocenters. The molecule has 1 aromatic heterocycles. The first-order valence-corrected chi connectivity index (χ1v) is 18.5. The summed E-state index contributed by atoms with van der Waals surface area (Å²) < 4.78 is 2.40. The van der Waals surface area contributed by atoms with Gasteiger partial charge in [-0.25, -0.2) is 0 Å². The molecule has 10 aromatic rings. The van der Waals surface area contributed by atoms with Gasteiger partial charge in [0.25, 0.3) is 0 Å². The van der Waals surface area contributed by atoms with E-state index in [-0.39, 0.29) is 0 Å². The lowest BCUT2D eigenvalue weighted by Gasteiger charge is -2.30. The summed E-state index contributed by atoms with van der Waals surface area (Å²) in [6.45, 7) is 0.